The molecule has 0 saturated carbocycles. The minimum absolute atomic E-state index is 0.0111. The van der Waals surface area contributed by atoms with Crippen LogP contribution in [0.15, 0.2) is 45.6 Å². The third kappa shape index (κ3) is 4.91. The molecule has 10 nitrogen and oxygen atoms in total. The number of carbonyl (C=O) groups excluding carboxylic acids is 1. The number of ether oxygens (including phenoxy) is 1. The van der Waals surface area contributed by atoms with Crippen molar-refractivity contribution in [1.82, 2.24) is 24.6 Å². The lowest BCUT2D eigenvalue weighted by atomic mass is 10.0. The largest absolute Gasteiger partial charge is 0.420 e. The van der Waals surface area contributed by atoms with E-state index in [2.05, 4.69) is 20.1 Å². The van der Waals surface area contributed by atoms with E-state index in [0.29, 0.717) is 66.2 Å². The normalized spacial score (nSPS) is 16.9. The quantitative estimate of drug-likeness (QED) is 0.396. The summed E-state index contributed by atoms with van der Waals surface area (Å²) in [5.74, 6) is 0.483. The molecular weight excluding hydrogens is 531 g/mol. The molecule has 2 saturated heterocycles. The Labute approximate surface area is 228 Å². The summed E-state index contributed by atoms with van der Waals surface area (Å²) in [5, 5.41) is 9.35. The van der Waals surface area contributed by atoms with Gasteiger partial charge in [-0.15, -0.1) is 10.2 Å². The predicted molar refractivity (Wildman–Crippen MR) is 144 cm³/mol. The summed E-state index contributed by atoms with van der Waals surface area (Å²) < 4.78 is 13.0. The standard InChI is InChI=1S/C26H26Cl2N6O4/c27-17-12-16(13-19(14-17)32-8-10-37-11-9-32)25-31-30-22(38-25)15-23(35)33-6-4-18(5-7-33)34-21-3-1-2-20(28)24(21)29-26(34)36/h1-3,12-14,18H,4-11,15H2,(H,29,36). The zero-order chi connectivity index (χ0) is 26.2. The monoisotopic (exact) mass is 556 g/mol. The number of benzene rings is 2. The van der Waals surface area contributed by atoms with Gasteiger partial charge in [-0.3, -0.25) is 9.36 Å². The molecular formula is C26H26Cl2N6O4. The van der Waals surface area contributed by atoms with Crippen molar-refractivity contribution in [3.63, 3.8) is 0 Å². The van der Waals surface area contributed by atoms with Gasteiger partial charge in [-0.25, -0.2) is 4.79 Å². The number of nitrogens with zero attached hydrogens (tertiary/aromatic N) is 5. The molecule has 6 rings (SSSR count). The van der Waals surface area contributed by atoms with Crippen LogP contribution in [-0.4, -0.2) is 69.9 Å². The lowest BCUT2D eigenvalue weighted by Crippen LogP contribution is -2.41. The Morgan fingerprint density at radius 2 is 1.84 bits per heavy atom. The Hall–Kier alpha value is -3.34. The zero-order valence-corrected chi connectivity index (χ0v) is 22.0. The highest BCUT2D eigenvalue weighted by Gasteiger charge is 2.27. The maximum absolute atomic E-state index is 13.0. The van der Waals surface area contributed by atoms with Gasteiger partial charge < -0.3 is 23.9 Å². The summed E-state index contributed by atoms with van der Waals surface area (Å²) in [5.41, 5.74) is 2.90. The van der Waals surface area contributed by atoms with Gasteiger partial charge in [-0.1, -0.05) is 29.3 Å². The first-order chi connectivity index (χ1) is 18.5. The molecule has 0 atom stereocenters. The van der Waals surface area contributed by atoms with Crippen molar-refractivity contribution >= 4 is 45.8 Å². The van der Waals surface area contributed by atoms with Crippen LogP contribution < -0.4 is 10.6 Å². The van der Waals surface area contributed by atoms with Gasteiger partial charge in [0.25, 0.3) is 0 Å². The number of nitrogens with one attached hydrogen (secondary N) is 1. The van der Waals surface area contributed by atoms with Crippen LogP contribution in [-0.2, 0) is 16.0 Å². The number of rotatable bonds is 5. The number of imidazole rings is 1. The van der Waals surface area contributed by atoms with Crippen molar-refractivity contribution in [2.24, 2.45) is 0 Å². The second kappa shape index (κ2) is 10.4. The van der Waals surface area contributed by atoms with Crippen LogP contribution in [0.3, 0.4) is 0 Å². The van der Waals surface area contributed by atoms with Crippen LogP contribution in [0, 0.1) is 0 Å². The SMILES string of the molecule is O=C(Cc1nnc(-c2cc(Cl)cc(N3CCOCC3)c2)o1)N1CCC(n2c(=O)[nH]c3c(Cl)cccc32)CC1. The van der Waals surface area contributed by atoms with Gasteiger partial charge in [-0.05, 0) is 43.2 Å². The average molecular weight is 557 g/mol. The number of fused-ring (bicyclic) bond motifs is 1. The fraction of sp³-hybridized carbons (Fsp3) is 0.385. The van der Waals surface area contributed by atoms with Crippen molar-refractivity contribution in [3.8, 4) is 11.5 Å². The fourth-order valence-electron chi connectivity index (χ4n) is 5.23. The summed E-state index contributed by atoms with van der Waals surface area (Å²) in [6, 6.07) is 11.1. The van der Waals surface area contributed by atoms with E-state index in [1.807, 2.05) is 24.3 Å². The van der Waals surface area contributed by atoms with Crippen molar-refractivity contribution < 1.29 is 13.9 Å². The van der Waals surface area contributed by atoms with Crippen LogP contribution in [0.5, 0.6) is 0 Å². The van der Waals surface area contributed by atoms with Crippen LogP contribution in [0.25, 0.3) is 22.5 Å². The predicted octanol–water partition coefficient (Wildman–Crippen LogP) is 3.93. The van der Waals surface area contributed by atoms with Crippen molar-refractivity contribution in [1.29, 1.82) is 0 Å². The Balaban J connectivity index is 1.11. The van der Waals surface area contributed by atoms with Crippen LogP contribution in [0.2, 0.25) is 10.0 Å². The van der Waals surface area contributed by atoms with Crippen molar-refractivity contribution in [3.05, 3.63) is 62.8 Å². The molecule has 198 valence electrons. The number of H-pyrrole nitrogens is 1. The van der Waals surface area contributed by atoms with Gasteiger partial charge in [0.1, 0.15) is 6.42 Å². The van der Waals surface area contributed by atoms with E-state index in [1.165, 1.54) is 0 Å². The van der Waals surface area contributed by atoms with Crippen LogP contribution in [0.4, 0.5) is 5.69 Å². The smallest absolute Gasteiger partial charge is 0.326 e. The lowest BCUT2D eigenvalue weighted by Gasteiger charge is -2.32. The van der Waals surface area contributed by atoms with Gasteiger partial charge in [0.15, 0.2) is 0 Å². The average Bonchev–Trinajstić information content (AvgIpc) is 3.53. The highest BCUT2D eigenvalue weighted by Crippen LogP contribution is 2.30. The van der Waals surface area contributed by atoms with Gasteiger partial charge in [0.2, 0.25) is 17.7 Å². The Morgan fingerprint density at radius 1 is 1.05 bits per heavy atom. The fourth-order valence-corrected chi connectivity index (χ4v) is 5.68. The first kappa shape index (κ1) is 25.0. The van der Waals surface area contributed by atoms with E-state index in [9.17, 15) is 9.59 Å². The van der Waals surface area contributed by atoms with E-state index in [1.54, 1.807) is 21.6 Å². The van der Waals surface area contributed by atoms with E-state index < -0.39 is 0 Å². The Morgan fingerprint density at radius 3 is 2.63 bits per heavy atom. The third-order valence-corrected chi connectivity index (χ3v) is 7.69. The molecule has 1 amide bonds. The molecule has 0 spiro atoms. The Kier molecular flexibility index (Phi) is 6.86. The van der Waals surface area contributed by atoms with Gasteiger partial charge >= 0.3 is 5.69 Å². The third-order valence-electron chi connectivity index (χ3n) is 7.16. The number of anilines is 1. The second-order valence-corrected chi connectivity index (χ2v) is 10.4. The van der Waals surface area contributed by atoms with E-state index in [0.717, 1.165) is 24.3 Å². The molecule has 38 heavy (non-hydrogen) atoms. The Bertz CT molecular complexity index is 1530. The molecule has 2 aliphatic heterocycles. The molecule has 0 aliphatic carbocycles. The summed E-state index contributed by atoms with van der Waals surface area (Å²) in [6.45, 7) is 3.95. The molecule has 12 heteroatoms. The number of amides is 1. The number of likely N-dealkylation sites (tertiary alicyclic amines) is 1. The molecule has 4 aromatic rings. The van der Waals surface area contributed by atoms with Gasteiger partial charge in [-0.2, -0.15) is 0 Å². The number of carbonyl (C=O) groups is 1. The van der Waals surface area contributed by atoms with Gasteiger partial charge in [0.05, 0.1) is 29.3 Å². The number of hydrogen-bond donors (Lipinski definition) is 1. The molecule has 0 radical (unpaired) electrons. The number of para-hydroxylation sites is 1. The summed E-state index contributed by atoms with van der Waals surface area (Å²) in [7, 11) is 0. The highest BCUT2D eigenvalue weighted by molar-refractivity contribution is 6.34. The van der Waals surface area contributed by atoms with E-state index in [-0.39, 0.29) is 30.0 Å². The minimum Gasteiger partial charge on any atom is -0.420 e. The molecule has 2 fully saturated rings. The number of morpholine rings is 1. The summed E-state index contributed by atoms with van der Waals surface area (Å²) >= 11 is 12.6. The van der Waals surface area contributed by atoms with Crippen molar-refractivity contribution in [2.45, 2.75) is 25.3 Å². The molecule has 2 aliphatic rings. The van der Waals surface area contributed by atoms with Crippen molar-refractivity contribution in [2.75, 3.05) is 44.3 Å². The molecule has 4 heterocycles. The number of aromatic amines is 1. The number of aromatic nitrogens is 4. The number of piperidine rings is 1. The van der Waals surface area contributed by atoms with Crippen LogP contribution >= 0.6 is 23.2 Å². The second-order valence-electron chi connectivity index (χ2n) is 9.52. The topological polar surface area (TPSA) is 109 Å². The number of hydrogen-bond acceptors (Lipinski definition) is 7. The maximum atomic E-state index is 13.0. The molecule has 2 aromatic carbocycles. The molecule has 0 unspecified atom stereocenters. The first-order valence-electron chi connectivity index (χ1n) is 12.6. The minimum atomic E-state index is -0.186. The first-order valence-corrected chi connectivity index (χ1v) is 13.3. The van der Waals surface area contributed by atoms with E-state index in [4.69, 9.17) is 32.4 Å². The molecule has 0 bridgehead atoms. The summed E-state index contributed by atoms with van der Waals surface area (Å²) in [6.07, 6.45) is 1.33. The molecule has 2 aromatic heterocycles. The van der Waals surface area contributed by atoms with Gasteiger partial charge in [0, 0.05) is 48.5 Å². The number of halogens is 2. The maximum Gasteiger partial charge on any atom is 0.326 e. The molecule has 1 N–H and O–H groups in total. The highest BCUT2D eigenvalue weighted by atomic mass is 35.5. The van der Waals surface area contributed by atoms with Crippen LogP contribution in [0.1, 0.15) is 24.8 Å². The van der Waals surface area contributed by atoms with E-state index >= 15 is 0 Å². The lowest BCUT2D eigenvalue weighted by molar-refractivity contribution is -0.132. The zero-order valence-electron chi connectivity index (χ0n) is 20.5. The summed E-state index contributed by atoms with van der Waals surface area (Å²) in [4.78, 5) is 32.5.